The van der Waals surface area contributed by atoms with Crippen molar-refractivity contribution in [1.29, 1.82) is 0 Å². The molecule has 0 fully saturated rings. The number of hydrogen-bond donors (Lipinski definition) is 0. The molecule has 0 amide bonds. The van der Waals surface area contributed by atoms with E-state index < -0.39 is 0 Å². The van der Waals surface area contributed by atoms with Gasteiger partial charge in [-0.15, -0.1) is 0 Å². The van der Waals surface area contributed by atoms with E-state index in [0.717, 1.165) is 46.9 Å². The van der Waals surface area contributed by atoms with Gasteiger partial charge in [0.15, 0.2) is 11.5 Å². The average molecular weight is 341 g/mol. The number of aromatic nitrogens is 5. The van der Waals surface area contributed by atoms with Crippen LogP contribution in [-0.2, 0) is 19.9 Å². The van der Waals surface area contributed by atoms with Crippen molar-refractivity contribution in [1.82, 2.24) is 24.1 Å². The third kappa shape index (κ3) is 2.28. The van der Waals surface area contributed by atoms with E-state index in [2.05, 4.69) is 58.1 Å². The highest BCUT2D eigenvalue weighted by Crippen LogP contribution is 2.25. The van der Waals surface area contributed by atoms with Crippen molar-refractivity contribution in [2.75, 3.05) is 0 Å². The molecule has 0 N–H and O–H groups in total. The van der Waals surface area contributed by atoms with Crippen LogP contribution in [0.4, 0.5) is 0 Å². The molecule has 0 aliphatic heterocycles. The van der Waals surface area contributed by atoms with Crippen LogP contribution in [0.15, 0.2) is 54.6 Å². The predicted octanol–water partition coefficient (Wildman–Crippen LogP) is 3.86. The van der Waals surface area contributed by atoms with Gasteiger partial charge in [0.2, 0.25) is 0 Å². The number of pyridine rings is 1. The van der Waals surface area contributed by atoms with Crippen LogP contribution in [0.1, 0.15) is 17.3 Å². The molecule has 0 bridgehead atoms. The summed E-state index contributed by atoms with van der Waals surface area (Å²) in [5, 5.41) is 7.06. The molecule has 128 valence electrons. The molecule has 5 nitrogen and oxygen atoms in total. The molecule has 5 heteroatoms. The molecule has 0 saturated carbocycles. The van der Waals surface area contributed by atoms with Gasteiger partial charge in [-0.3, -0.25) is 0 Å². The molecule has 0 unspecified atom stereocenters. The molecule has 0 spiro atoms. The van der Waals surface area contributed by atoms with E-state index in [-0.39, 0.29) is 0 Å². The minimum Gasteiger partial charge on any atom is -0.331 e. The SMILES string of the molecule is Cc1cccc2nc(CCc3nc4c5ccccc5ccc4n3C)nn12. The van der Waals surface area contributed by atoms with Crippen molar-refractivity contribution in [3.8, 4) is 0 Å². The third-order valence-electron chi connectivity index (χ3n) is 5.03. The minimum absolute atomic E-state index is 0.774. The first-order valence-corrected chi connectivity index (χ1v) is 8.85. The lowest BCUT2D eigenvalue weighted by Crippen LogP contribution is -2.02. The number of benzene rings is 2. The van der Waals surface area contributed by atoms with Crippen LogP contribution in [0, 0.1) is 6.92 Å². The molecule has 0 radical (unpaired) electrons. The molecular formula is C21H19N5. The average Bonchev–Trinajstić information content (AvgIpc) is 3.22. The normalized spacial score (nSPS) is 11.8. The van der Waals surface area contributed by atoms with Gasteiger partial charge in [0.25, 0.3) is 0 Å². The Labute approximate surface area is 150 Å². The molecule has 3 heterocycles. The summed E-state index contributed by atoms with van der Waals surface area (Å²) in [5.41, 5.74) is 4.23. The quantitative estimate of drug-likeness (QED) is 0.501. The lowest BCUT2D eigenvalue weighted by molar-refractivity contribution is 0.753. The van der Waals surface area contributed by atoms with Crippen molar-refractivity contribution in [3.05, 3.63) is 71.9 Å². The van der Waals surface area contributed by atoms with E-state index in [1.54, 1.807) is 0 Å². The van der Waals surface area contributed by atoms with E-state index in [4.69, 9.17) is 4.98 Å². The van der Waals surface area contributed by atoms with Crippen LogP contribution in [0.5, 0.6) is 0 Å². The number of nitrogens with zero attached hydrogens (tertiary/aromatic N) is 5. The van der Waals surface area contributed by atoms with Crippen LogP contribution in [-0.4, -0.2) is 24.1 Å². The van der Waals surface area contributed by atoms with E-state index in [9.17, 15) is 0 Å². The Balaban J connectivity index is 1.51. The van der Waals surface area contributed by atoms with Gasteiger partial charge in [0, 0.05) is 31.0 Å². The maximum atomic E-state index is 4.93. The first-order valence-electron chi connectivity index (χ1n) is 8.85. The second kappa shape index (κ2) is 5.66. The number of aryl methyl sites for hydroxylation is 4. The Hall–Kier alpha value is -3.21. The fourth-order valence-corrected chi connectivity index (χ4v) is 3.61. The summed E-state index contributed by atoms with van der Waals surface area (Å²) in [6.45, 7) is 2.04. The predicted molar refractivity (Wildman–Crippen MR) is 103 cm³/mol. The lowest BCUT2D eigenvalue weighted by Gasteiger charge is -2.01. The molecule has 0 saturated heterocycles. The van der Waals surface area contributed by atoms with Crippen molar-refractivity contribution >= 4 is 27.5 Å². The zero-order valence-corrected chi connectivity index (χ0v) is 14.8. The maximum Gasteiger partial charge on any atom is 0.155 e. The van der Waals surface area contributed by atoms with Gasteiger partial charge >= 0.3 is 0 Å². The molecule has 5 rings (SSSR count). The molecule has 0 aliphatic carbocycles. The lowest BCUT2D eigenvalue weighted by atomic mass is 10.1. The van der Waals surface area contributed by atoms with E-state index in [0.29, 0.717) is 0 Å². The third-order valence-corrected chi connectivity index (χ3v) is 5.03. The molecule has 5 aromatic rings. The van der Waals surface area contributed by atoms with Crippen LogP contribution in [0.25, 0.3) is 27.5 Å². The highest BCUT2D eigenvalue weighted by molar-refractivity contribution is 6.04. The minimum atomic E-state index is 0.774. The van der Waals surface area contributed by atoms with Gasteiger partial charge in [-0.2, -0.15) is 5.10 Å². The van der Waals surface area contributed by atoms with Crippen LogP contribution >= 0.6 is 0 Å². The zero-order valence-electron chi connectivity index (χ0n) is 14.8. The van der Waals surface area contributed by atoms with Crippen molar-refractivity contribution in [2.45, 2.75) is 19.8 Å². The van der Waals surface area contributed by atoms with Gasteiger partial charge in [0.1, 0.15) is 5.82 Å². The summed E-state index contributed by atoms with van der Waals surface area (Å²) in [5.74, 6) is 1.92. The summed E-state index contributed by atoms with van der Waals surface area (Å²) < 4.78 is 4.08. The monoisotopic (exact) mass is 341 g/mol. The number of rotatable bonds is 3. The van der Waals surface area contributed by atoms with E-state index in [1.165, 1.54) is 10.8 Å². The van der Waals surface area contributed by atoms with Crippen molar-refractivity contribution in [2.24, 2.45) is 7.05 Å². The molecule has 26 heavy (non-hydrogen) atoms. The van der Waals surface area contributed by atoms with Gasteiger partial charge in [-0.1, -0.05) is 36.4 Å². The maximum absolute atomic E-state index is 4.93. The topological polar surface area (TPSA) is 48.0 Å². The first-order chi connectivity index (χ1) is 12.7. The van der Waals surface area contributed by atoms with E-state index >= 15 is 0 Å². The van der Waals surface area contributed by atoms with Gasteiger partial charge in [-0.05, 0) is 30.5 Å². The second-order valence-electron chi connectivity index (χ2n) is 6.71. The summed E-state index contributed by atoms with van der Waals surface area (Å²) in [4.78, 5) is 9.56. The summed E-state index contributed by atoms with van der Waals surface area (Å²) in [6, 6.07) is 18.8. The highest BCUT2D eigenvalue weighted by Gasteiger charge is 2.12. The summed E-state index contributed by atoms with van der Waals surface area (Å²) in [7, 11) is 2.08. The Bertz CT molecular complexity index is 1260. The Morgan fingerprint density at radius 1 is 0.885 bits per heavy atom. The summed E-state index contributed by atoms with van der Waals surface area (Å²) >= 11 is 0. The Morgan fingerprint density at radius 3 is 2.65 bits per heavy atom. The van der Waals surface area contributed by atoms with E-state index in [1.807, 2.05) is 29.6 Å². The van der Waals surface area contributed by atoms with Gasteiger partial charge in [-0.25, -0.2) is 14.5 Å². The zero-order chi connectivity index (χ0) is 17.7. The van der Waals surface area contributed by atoms with Crippen LogP contribution in [0.3, 0.4) is 0 Å². The van der Waals surface area contributed by atoms with Crippen molar-refractivity contribution in [3.63, 3.8) is 0 Å². The first kappa shape index (κ1) is 15.1. The van der Waals surface area contributed by atoms with Crippen LogP contribution < -0.4 is 0 Å². The largest absolute Gasteiger partial charge is 0.331 e. The van der Waals surface area contributed by atoms with Gasteiger partial charge in [0.05, 0.1) is 11.0 Å². The second-order valence-corrected chi connectivity index (χ2v) is 6.71. The fourth-order valence-electron chi connectivity index (χ4n) is 3.61. The molecule has 0 atom stereocenters. The van der Waals surface area contributed by atoms with Crippen LogP contribution in [0.2, 0.25) is 0 Å². The molecule has 3 aromatic heterocycles. The van der Waals surface area contributed by atoms with Crippen molar-refractivity contribution < 1.29 is 0 Å². The van der Waals surface area contributed by atoms with Gasteiger partial charge < -0.3 is 4.57 Å². The number of fused-ring (bicyclic) bond motifs is 4. The Morgan fingerprint density at radius 2 is 1.77 bits per heavy atom. The fraction of sp³-hybridized carbons (Fsp3) is 0.190. The molecule has 0 aliphatic rings. The number of hydrogen-bond acceptors (Lipinski definition) is 3. The summed E-state index contributed by atoms with van der Waals surface area (Å²) in [6.07, 6.45) is 1.59. The smallest absolute Gasteiger partial charge is 0.155 e. The Kier molecular flexibility index (Phi) is 3.28. The number of imidazole rings is 1. The molecular weight excluding hydrogens is 322 g/mol. The molecule has 2 aromatic carbocycles. The standard InChI is InChI=1S/C21H19N5/c1-14-6-5-9-20-22-18(24-26(14)20)12-13-19-23-21-16-8-4-3-7-15(16)10-11-17(21)25(19)2/h3-11H,12-13H2,1-2H3. The highest BCUT2D eigenvalue weighted by atomic mass is 15.3.